The molecule has 0 aliphatic heterocycles. The molecule has 0 atom stereocenters. The summed E-state index contributed by atoms with van der Waals surface area (Å²) in [4.78, 5) is 57.6. The fraction of sp³-hybridized carbons (Fsp3) is 0.130. The molecule has 0 radical (unpaired) electrons. The van der Waals surface area contributed by atoms with Crippen LogP contribution in [0.15, 0.2) is 48.5 Å². The summed E-state index contributed by atoms with van der Waals surface area (Å²) in [6.45, 7) is 3.48. The van der Waals surface area contributed by atoms with Crippen molar-refractivity contribution < 1.29 is 40.8 Å². The maximum atomic E-state index is 11.5. The molecule has 4 aromatic heterocycles. The first-order valence-electron chi connectivity index (χ1n) is 10.8. The SMILES string of the molecule is CC(C)(c1cccc(-c2[c-]cc([N+](=O)[O-])nc2[N+](=O)[O-])n1)c1cccc(-c2[c-]cc([N+](=O)[O-])nc2[N+](=O)[O-])n1.[Pt+2]. The first kappa shape index (κ1) is 29.4. The van der Waals surface area contributed by atoms with Gasteiger partial charge in [-0.05, 0) is 60.6 Å². The van der Waals surface area contributed by atoms with Crippen molar-refractivity contribution in [1.29, 1.82) is 0 Å². The van der Waals surface area contributed by atoms with Gasteiger partial charge in [0.1, 0.15) is 0 Å². The molecule has 0 saturated carbocycles. The largest absolute Gasteiger partial charge is 2.00 e. The van der Waals surface area contributed by atoms with Crippen molar-refractivity contribution >= 4 is 23.3 Å². The summed E-state index contributed by atoms with van der Waals surface area (Å²) in [6, 6.07) is 16.2. The van der Waals surface area contributed by atoms with E-state index in [9.17, 15) is 40.5 Å². The standard InChI is InChI=1S/C23H14N8O8.Pt/c1-23(2,17-7-3-5-15(24-17)13-9-11-19(28(32)33)26-21(13)30(36)37)18-8-4-6-16(25-18)14-10-12-20(29(34)35)27-22(14)31(38)39;/h3-8,11-12H,1-2H3;/q-2;+2. The van der Waals surface area contributed by atoms with Gasteiger partial charge in [-0.1, -0.05) is 53.9 Å². The van der Waals surface area contributed by atoms with Crippen molar-refractivity contribution in [2.75, 3.05) is 0 Å². The van der Waals surface area contributed by atoms with Gasteiger partial charge in [0.05, 0.1) is 0 Å². The third kappa shape index (κ3) is 5.66. The van der Waals surface area contributed by atoms with Crippen LogP contribution in [0.5, 0.6) is 0 Å². The molecule has 4 rings (SSSR count). The van der Waals surface area contributed by atoms with E-state index in [0.29, 0.717) is 11.4 Å². The molecular weight excluding hydrogens is 711 g/mol. The van der Waals surface area contributed by atoms with E-state index in [1.807, 2.05) is 0 Å². The molecule has 0 saturated heterocycles. The third-order valence-corrected chi connectivity index (χ3v) is 5.59. The van der Waals surface area contributed by atoms with Crippen LogP contribution in [0.2, 0.25) is 0 Å². The van der Waals surface area contributed by atoms with Gasteiger partial charge in [0.2, 0.25) is 0 Å². The Morgan fingerprint density at radius 2 is 1.00 bits per heavy atom. The Hall–Kier alpha value is -5.11. The van der Waals surface area contributed by atoms with Gasteiger partial charge in [0.15, 0.2) is 0 Å². The van der Waals surface area contributed by atoms with Gasteiger partial charge < -0.3 is 50.4 Å². The molecule has 0 aromatic carbocycles. The number of nitro groups is 4. The topological polar surface area (TPSA) is 224 Å². The molecule has 0 bridgehead atoms. The van der Waals surface area contributed by atoms with Crippen LogP contribution in [0, 0.1) is 52.6 Å². The molecule has 0 spiro atoms. The average Bonchev–Trinajstić information content (AvgIpc) is 2.92. The van der Waals surface area contributed by atoms with Crippen LogP contribution < -0.4 is 0 Å². The maximum absolute atomic E-state index is 11.5. The summed E-state index contributed by atoms with van der Waals surface area (Å²) in [7, 11) is 0. The van der Waals surface area contributed by atoms with Crippen molar-refractivity contribution in [1.82, 2.24) is 19.9 Å². The molecule has 4 heterocycles. The van der Waals surface area contributed by atoms with E-state index in [2.05, 4.69) is 32.1 Å². The Morgan fingerprint density at radius 3 is 1.32 bits per heavy atom. The summed E-state index contributed by atoms with van der Waals surface area (Å²) in [5.41, 5.74) is -0.377. The molecule has 4 aromatic rings. The second kappa shape index (κ2) is 11.3. The van der Waals surface area contributed by atoms with Crippen molar-refractivity contribution in [3.63, 3.8) is 0 Å². The van der Waals surface area contributed by atoms with E-state index < -0.39 is 48.4 Å². The first-order chi connectivity index (χ1) is 18.4. The number of hydrogen-bond donors (Lipinski definition) is 0. The summed E-state index contributed by atoms with van der Waals surface area (Å²) >= 11 is 0. The molecule has 0 unspecified atom stereocenters. The van der Waals surface area contributed by atoms with E-state index in [4.69, 9.17) is 0 Å². The summed E-state index contributed by atoms with van der Waals surface area (Å²) < 4.78 is 0. The zero-order valence-corrected chi connectivity index (χ0v) is 22.6. The monoisotopic (exact) mass is 725 g/mol. The number of hydrogen-bond acceptors (Lipinski definition) is 12. The van der Waals surface area contributed by atoms with Gasteiger partial charge in [-0.15, -0.1) is 12.1 Å². The number of pyridine rings is 4. The Bertz CT molecular complexity index is 1560. The van der Waals surface area contributed by atoms with Gasteiger partial charge in [-0.25, -0.2) is 0 Å². The van der Waals surface area contributed by atoms with E-state index in [-0.39, 0.29) is 43.6 Å². The molecule has 0 amide bonds. The molecule has 0 aliphatic carbocycles. The molecule has 40 heavy (non-hydrogen) atoms. The van der Waals surface area contributed by atoms with Crippen molar-refractivity contribution in [3.05, 3.63) is 113 Å². The van der Waals surface area contributed by atoms with E-state index >= 15 is 0 Å². The van der Waals surface area contributed by atoms with Crippen LogP contribution in [-0.4, -0.2) is 39.6 Å². The summed E-state index contributed by atoms with van der Waals surface area (Å²) in [5.74, 6) is -3.07. The molecule has 0 N–H and O–H groups in total. The summed E-state index contributed by atoms with van der Waals surface area (Å²) in [5, 5.41) is 45.1. The minimum Gasteiger partial charge on any atom is -0.366 e. The summed E-state index contributed by atoms with van der Waals surface area (Å²) in [6.07, 6.45) is 0. The molecule has 0 aliphatic rings. The third-order valence-electron chi connectivity index (χ3n) is 5.59. The second-order valence-corrected chi connectivity index (χ2v) is 8.38. The van der Waals surface area contributed by atoms with Crippen molar-refractivity contribution in [3.8, 4) is 22.5 Å². The molecule has 16 nitrogen and oxygen atoms in total. The van der Waals surface area contributed by atoms with Crippen molar-refractivity contribution in [2.24, 2.45) is 0 Å². The minimum absolute atomic E-state index is 0. The Balaban J connectivity index is 0.00000441. The Kier molecular flexibility index (Phi) is 8.34. The van der Waals surface area contributed by atoms with Gasteiger partial charge >= 0.3 is 21.1 Å². The molecule has 0 fully saturated rings. The van der Waals surface area contributed by atoms with Crippen LogP contribution in [0.3, 0.4) is 0 Å². The van der Waals surface area contributed by atoms with Gasteiger partial charge in [-0.3, -0.25) is 0 Å². The second-order valence-electron chi connectivity index (χ2n) is 8.38. The van der Waals surface area contributed by atoms with Crippen LogP contribution in [-0.2, 0) is 26.5 Å². The van der Waals surface area contributed by atoms with Crippen LogP contribution in [0.25, 0.3) is 22.5 Å². The zero-order chi connectivity index (χ0) is 28.5. The van der Waals surface area contributed by atoms with Gasteiger partial charge in [-0.2, -0.15) is 0 Å². The molecular formula is C23H14N8O8Pt. The number of rotatable bonds is 8. The smallest absolute Gasteiger partial charge is 0.366 e. The van der Waals surface area contributed by atoms with Crippen LogP contribution >= 0.6 is 0 Å². The first-order valence-corrected chi connectivity index (χ1v) is 10.8. The zero-order valence-electron chi connectivity index (χ0n) is 20.3. The fourth-order valence-corrected chi connectivity index (χ4v) is 3.60. The number of aromatic nitrogens is 4. The molecule has 17 heteroatoms. The van der Waals surface area contributed by atoms with Gasteiger partial charge in [0, 0.05) is 16.8 Å². The normalized spacial score (nSPS) is 10.8. The predicted octanol–water partition coefficient (Wildman–Crippen LogP) is 4.16. The van der Waals surface area contributed by atoms with Crippen molar-refractivity contribution in [2.45, 2.75) is 19.3 Å². The van der Waals surface area contributed by atoms with Crippen LogP contribution in [0.4, 0.5) is 23.3 Å². The average molecular weight is 725 g/mol. The minimum atomic E-state index is -0.974. The van der Waals surface area contributed by atoms with Crippen LogP contribution in [0.1, 0.15) is 25.2 Å². The Morgan fingerprint density at radius 1 is 0.625 bits per heavy atom. The van der Waals surface area contributed by atoms with E-state index in [1.165, 1.54) is 12.1 Å². The predicted molar refractivity (Wildman–Crippen MR) is 131 cm³/mol. The quantitative estimate of drug-likeness (QED) is 0.142. The fourth-order valence-electron chi connectivity index (χ4n) is 3.60. The Labute approximate surface area is 238 Å². The molecule has 204 valence electrons. The number of nitrogens with zero attached hydrogens (tertiary/aromatic N) is 8. The van der Waals surface area contributed by atoms with Gasteiger partial charge in [0.25, 0.3) is 23.3 Å². The van der Waals surface area contributed by atoms with E-state index in [1.54, 1.807) is 38.1 Å². The maximum Gasteiger partial charge on any atom is 2.00 e. The van der Waals surface area contributed by atoms with E-state index in [0.717, 1.165) is 12.1 Å².